The number of nitrogens with one attached hydrogen (secondary N) is 1. The first-order valence-electron chi connectivity index (χ1n) is 7.26. The van der Waals surface area contributed by atoms with Crippen LogP contribution in [-0.2, 0) is 17.6 Å². The molecule has 2 aromatic carbocycles. The molecule has 2 aromatic rings. The summed E-state index contributed by atoms with van der Waals surface area (Å²) in [4.78, 5) is 12.5. The Labute approximate surface area is 133 Å². The highest BCUT2D eigenvalue weighted by atomic mass is 79.9. The molecule has 0 radical (unpaired) electrons. The molecule has 1 unspecified atom stereocenters. The molecule has 1 aliphatic rings. The second-order valence-corrected chi connectivity index (χ2v) is 6.15. The molecule has 0 saturated heterocycles. The maximum Gasteiger partial charge on any atom is 0.224 e. The quantitative estimate of drug-likeness (QED) is 0.843. The van der Waals surface area contributed by atoms with Crippen LogP contribution in [0.2, 0.25) is 0 Å². The minimum Gasteiger partial charge on any atom is -0.348 e. The van der Waals surface area contributed by atoms with Gasteiger partial charge in [0.2, 0.25) is 5.91 Å². The number of hydrogen-bond donors (Lipinski definition) is 1. The average molecular weight is 344 g/mol. The van der Waals surface area contributed by atoms with Crippen LogP contribution in [0.25, 0.3) is 0 Å². The van der Waals surface area contributed by atoms with Gasteiger partial charge >= 0.3 is 0 Å². The Kier molecular flexibility index (Phi) is 4.39. The summed E-state index contributed by atoms with van der Waals surface area (Å²) in [5.41, 5.74) is 3.76. The van der Waals surface area contributed by atoms with E-state index in [9.17, 15) is 4.79 Å². The van der Waals surface area contributed by atoms with Crippen LogP contribution in [0.15, 0.2) is 54.6 Å². The van der Waals surface area contributed by atoms with Crippen LogP contribution in [-0.4, -0.2) is 11.2 Å². The van der Waals surface area contributed by atoms with Crippen molar-refractivity contribution in [1.29, 1.82) is 0 Å². The zero-order valence-electron chi connectivity index (χ0n) is 11.8. The largest absolute Gasteiger partial charge is 0.348 e. The Bertz CT molecular complexity index is 601. The molecule has 21 heavy (non-hydrogen) atoms. The normalized spacial score (nSPS) is 15.5. The first-order valence-corrected chi connectivity index (χ1v) is 8.38. The minimum atomic E-state index is 0.0300. The Morgan fingerprint density at radius 3 is 2.19 bits per heavy atom. The van der Waals surface area contributed by atoms with E-state index in [2.05, 4.69) is 45.5 Å². The van der Waals surface area contributed by atoms with E-state index in [-0.39, 0.29) is 17.9 Å². The van der Waals surface area contributed by atoms with Gasteiger partial charge in [-0.05, 0) is 29.5 Å². The molecule has 0 bridgehead atoms. The Hall–Kier alpha value is -1.61. The van der Waals surface area contributed by atoms with E-state index in [4.69, 9.17) is 0 Å². The SMILES string of the molecule is O=C(NC(CBr)c1ccccc1)C1Cc2ccccc2C1. The van der Waals surface area contributed by atoms with E-state index in [0.29, 0.717) is 0 Å². The first-order chi connectivity index (χ1) is 10.3. The predicted octanol–water partition coefficient (Wildman–Crippen LogP) is 3.65. The number of carbonyl (C=O) groups is 1. The topological polar surface area (TPSA) is 29.1 Å². The smallest absolute Gasteiger partial charge is 0.224 e. The van der Waals surface area contributed by atoms with Gasteiger partial charge in [-0.25, -0.2) is 0 Å². The van der Waals surface area contributed by atoms with Crippen molar-refractivity contribution in [2.75, 3.05) is 5.33 Å². The summed E-state index contributed by atoms with van der Waals surface area (Å²) >= 11 is 3.50. The highest BCUT2D eigenvalue weighted by molar-refractivity contribution is 9.09. The monoisotopic (exact) mass is 343 g/mol. The van der Waals surface area contributed by atoms with Gasteiger partial charge in [-0.15, -0.1) is 0 Å². The van der Waals surface area contributed by atoms with Crippen LogP contribution < -0.4 is 5.32 Å². The van der Waals surface area contributed by atoms with E-state index >= 15 is 0 Å². The molecule has 0 aliphatic heterocycles. The van der Waals surface area contributed by atoms with Gasteiger partial charge in [0.25, 0.3) is 0 Å². The van der Waals surface area contributed by atoms with Gasteiger partial charge in [0.15, 0.2) is 0 Å². The molecule has 1 amide bonds. The highest BCUT2D eigenvalue weighted by Crippen LogP contribution is 2.27. The maximum absolute atomic E-state index is 12.5. The highest BCUT2D eigenvalue weighted by Gasteiger charge is 2.28. The van der Waals surface area contributed by atoms with Crippen molar-refractivity contribution >= 4 is 21.8 Å². The van der Waals surface area contributed by atoms with Crippen LogP contribution in [0.5, 0.6) is 0 Å². The summed E-state index contributed by atoms with van der Waals surface area (Å²) in [6.07, 6.45) is 1.71. The number of fused-ring (bicyclic) bond motifs is 1. The molecule has 0 fully saturated rings. The third-order valence-corrected chi connectivity index (χ3v) is 4.74. The minimum absolute atomic E-state index is 0.0300. The van der Waals surface area contributed by atoms with Crippen LogP contribution in [0.3, 0.4) is 0 Å². The standard InChI is InChI=1S/C18H18BrNO/c19-12-17(13-6-2-1-3-7-13)20-18(21)16-10-14-8-4-5-9-15(14)11-16/h1-9,16-17H,10-12H2,(H,20,21). The predicted molar refractivity (Wildman–Crippen MR) is 88.5 cm³/mol. The van der Waals surface area contributed by atoms with Crippen molar-refractivity contribution in [3.05, 3.63) is 71.3 Å². The van der Waals surface area contributed by atoms with E-state index in [1.54, 1.807) is 0 Å². The Morgan fingerprint density at radius 2 is 1.62 bits per heavy atom. The van der Waals surface area contributed by atoms with Crippen LogP contribution >= 0.6 is 15.9 Å². The summed E-state index contributed by atoms with van der Waals surface area (Å²) in [7, 11) is 0. The van der Waals surface area contributed by atoms with Gasteiger partial charge in [-0.2, -0.15) is 0 Å². The van der Waals surface area contributed by atoms with Crippen molar-refractivity contribution in [2.24, 2.45) is 5.92 Å². The molecule has 1 N–H and O–H groups in total. The van der Waals surface area contributed by atoms with Crippen molar-refractivity contribution < 1.29 is 4.79 Å². The molecule has 0 saturated carbocycles. The van der Waals surface area contributed by atoms with Gasteiger partial charge in [0.05, 0.1) is 6.04 Å². The van der Waals surface area contributed by atoms with Gasteiger partial charge in [-0.1, -0.05) is 70.5 Å². The molecular weight excluding hydrogens is 326 g/mol. The van der Waals surface area contributed by atoms with E-state index in [0.717, 1.165) is 23.7 Å². The van der Waals surface area contributed by atoms with Gasteiger partial charge in [-0.3, -0.25) is 4.79 Å². The summed E-state index contributed by atoms with van der Waals surface area (Å²) < 4.78 is 0. The van der Waals surface area contributed by atoms with Gasteiger partial charge < -0.3 is 5.32 Å². The molecule has 3 heteroatoms. The number of rotatable bonds is 4. The molecule has 0 aromatic heterocycles. The zero-order valence-corrected chi connectivity index (χ0v) is 13.3. The zero-order chi connectivity index (χ0) is 14.7. The fraction of sp³-hybridized carbons (Fsp3) is 0.278. The molecular formula is C18H18BrNO. The Balaban J connectivity index is 1.67. The summed E-state index contributed by atoms with van der Waals surface area (Å²) in [5, 5.41) is 3.90. The van der Waals surface area contributed by atoms with Crippen molar-refractivity contribution in [2.45, 2.75) is 18.9 Å². The van der Waals surface area contributed by atoms with E-state index in [1.807, 2.05) is 30.3 Å². The second kappa shape index (κ2) is 6.44. The lowest BCUT2D eigenvalue weighted by Gasteiger charge is -2.19. The first kappa shape index (κ1) is 14.3. The molecule has 1 atom stereocenters. The molecule has 3 rings (SSSR count). The lowest BCUT2D eigenvalue weighted by atomic mass is 10.0. The van der Waals surface area contributed by atoms with E-state index < -0.39 is 0 Å². The lowest BCUT2D eigenvalue weighted by molar-refractivity contribution is -0.125. The number of carbonyl (C=O) groups excluding carboxylic acids is 1. The second-order valence-electron chi connectivity index (χ2n) is 5.50. The molecule has 0 heterocycles. The molecule has 2 nitrogen and oxygen atoms in total. The van der Waals surface area contributed by atoms with Crippen molar-refractivity contribution in [1.82, 2.24) is 5.32 Å². The number of hydrogen-bond acceptors (Lipinski definition) is 1. The van der Waals surface area contributed by atoms with Crippen LogP contribution in [0.1, 0.15) is 22.7 Å². The summed E-state index contributed by atoms with van der Waals surface area (Å²) in [5.74, 6) is 0.215. The third kappa shape index (κ3) is 3.18. The lowest BCUT2D eigenvalue weighted by Crippen LogP contribution is -2.35. The van der Waals surface area contributed by atoms with Crippen molar-refractivity contribution in [3.8, 4) is 0 Å². The molecule has 108 valence electrons. The van der Waals surface area contributed by atoms with Gasteiger partial charge in [0.1, 0.15) is 0 Å². The number of benzene rings is 2. The van der Waals surface area contributed by atoms with E-state index in [1.165, 1.54) is 11.1 Å². The van der Waals surface area contributed by atoms with Gasteiger partial charge in [0, 0.05) is 11.2 Å². The number of amides is 1. The summed E-state index contributed by atoms with van der Waals surface area (Å²) in [6.45, 7) is 0. The molecule has 1 aliphatic carbocycles. The Morgan fingerprint density at radius 1 is 1.05 bits per heavy atom. The fourth-order valence-corrected chi connectivity index (χ4v) is 3.47. The third-order valence-electron chi connectivity index (χ3n) is 4.09. The average Bonchev–Trinajstić information content (AvgIpc) is 2.97. The number of halogens is 1. The number of alkyl halides is 1. The van der Waals surface area contributed by atoms with Crippen molar-refractivity contribution in [3.63, 3.8) is 0 Å². The summed E-state index contributed by atoms with van der Waals surface area (Å²) in [6, 6.07) is 18.5. The van der Waals surface area contributed by atoms with Crippen LogP contribution in [0, 0.1) is 5.92 Å². The fourth-order valence-electron chi connectivity index (χ4n) is 2.93. The van der Waals surface area contributed by atoms with Crippen LogP contribution in [0.4, 0.5) is 0 Å². The molecule has 0 spiro atoms. The maximum atomic E-state index is 12.5.